The van der Waals surface area contributed by atoms with Gasteiger partial charge in [-0.25, -0.2) is 0 Å². The fraction of sp³-hybridized carbons (Fsp3) is 0.844. The van der Waals surface area contributed by atoms with Crippen molar-refractivity contribution in [3.8, 4) is 0 Å². The van der Waals surface area contributed by atoms with Gasteiger partial charge in [0.15, 0.2) is 0 Å². The highest BCUT2D eigenvalue weighted by atomic mass is 16.2. The largest absolute Gasteiger partial charge is 0.370 e. The Morgan fingerprint density at radius 1 is 0.683 bits per heavy atom. The van der Waals surface area contributed by atoms with Gasteiger partial charge < -0.3 is 26.5 Å². The van der Waals surface area contributed by atoms with Crippen LogP contribution in [0.4, 0.5) is 0 Å². The van der Waals surface area contributed by atoms with E-state index in [-0.39, 0.29) is 43.5 Å². The van der Waals surface area contributed by atoms with Gasteiger partial charge in [0, 0.05) is 25.8 Å². The summed E-state index contributed by atoms with van der Waals surface area (Å²) in [6, 6.07) is -1.66. The van der Waals surface area contributed by atoms with E-state index in [4.69, 9.17) is 5.73 Å². The molecule has 0 aromatic rings. The molecule has 0 saturated carbocycles. The number of aldehydes is 1. The monoisotopic (exact) mass is 580 g/mol. The Kier molecular flexibility index (Phi) is 24.9. The molecule has 41 heavy (non-hydrogen) atoms. The number of primary amides is 1. The molecule has 0 aliphatic carbocycles. The van der Waals surface area contributed by atoms with Crippen molar-refractivity contribution in [2.75, 3.05) is 6.54 Å². The fourth-order valence-electron chi connectivity index (χ4n) is 4.79. The van der Waals surface area contributed by atoms with Crippen LogP contribution in [-0.2, 0) is 24.0 Å². The summed E-state index contributed by atoms with van der Waals surface area (Å²) in [4.78, 5) is 59.4. The van der Waals surface area contributed by atoms with Gasteiger partial charge >= 0.3 is 0 Å². The van der Waals surface area contributed by atoms with E-state index < -0.39 is 23.9 Å². The van der Waals surface area contributed by atoms with Crippen LogP contribution in [0, 0.1) is 5.92 Å². The van der Waals surface area contributed by atoms with Crippen LogP contribution in [0.15, 0.2) is 0 Å². The third-order valence-corrected chi connectivity index (χ3v) is 7.23. The molecular formula is C32H60N4O5. The molecule has 0 saturated heterocycles. The maximum absolute atomic E-state index is 12.7. The summed E-state index contributed by atoms with van der Waals surface area (Å²) in [5.74, 6) is -1.32. The lowest BCUT2D eigenvalue weighted by Gasteiger charge is -2.22. The van der Waals surface area contributed by atoms with Gasteiger partial charge in [-0.1, -0.05) is 111 Å². The van der Waals surface area contributed by atoms with Gasteiger partial charge in [0.05, 0.1) is 6.04 Å². The molecule has 0 bridgehead atoms. The van der Waals surface area contributed by atoms with E-state index in [0.29, 0.717) is 19.1 Å². The molecule has 0 aromatic carbocycles. The van der Waals surface area contributed by atoms with Gasteiger partial charge in [0.1, 0.15) is 12.3 Å². The number of carbonyl (C=O) groups excluding carboxylic acids is 5. The average Bonchev–Trinajstić information content (AvgIpc) is 2.92. The minimum absolute atomic E-state index is 0.0238. The molecule has 0 rings (SSSR count). The number of hydrogen-bond donors (Lipinski definition) is 4. The van der Waals surface area contributed by atoms with Crippen molar-refractivity contribution >= 4 is 29.9 Å². The van der Waals surface area contributed by atoms with E-state index in [1.165, 1.54) is 77.0 Å². The van der Waals surface area contributed by atoms with Crippen molar-refractivity contribution in [2.24, 2.45) is 11.7 Å². The molecule has 0 unspecified atom stereocenters. The first kappa shape index (κ1) is 38.5. The van der Waals surface area contributed by atoms with Crippen molar-refractivity contribution < 1.29 is 24.0 Å². The smallest absolute Gasteiger partial charge is 0.243 e. The predicted octanol–water partition coefficient (Wildman–Crippen LogP) is 5.23. The summed E-state index contributed by atoms with van der Waals surface area (Å²) in [5, 5.41) is 8.06. The van der Waals surface area contributed by atoms with Crippen LogP contribution in [0.2, 0.25) is 0 Å². The summed E-state index contributed by atoms with van der Waals surface area (Å²) in [6.45, 7) is 6.31. The van der Waals surface area contributed by atoms with Crippen LogP contribution in [0.25, 0.3) is 0 Å². The van der Waals surface area contributed by atoms with Crippen LogP contribution in [0.5, 0.6) is 0 Å². The molecule has 0 spiro atoms. The first-order valence-electron chi connectivity index (χ1n) is 16.3. The van der Waals surface area contributed by atoms with E-state index >= 15 is 0 Å². The van der Waals surface area contributed by atoms with E-state index in [2.05, 4.69) is 22.9 Å². The van der Waals surface area contributed by atoms with Crippen LogP contribution in [0.3, 0.4) is 0 Å². The molecule has 4 amide bonds. The third kappa shape index (κ3) is 25.0. The average molecular weight is 581 g/mol. The lowest BCUT2D eigenvalue weighted by molar-refractivity contribution is -0.130. The van der Waals surface area contributed by atoms with E-state index in [1.807, 2.05) is 13.8 Å². The Morgan fingerprint density at radius 3 is 1.66 bits per heavy atom. The zero-order valence-corrected chi connectivity index (χ0v) is 26.3. The summed E-state index contributed by atoms with van der Waals surface area (Å²) in [5.41, 5.74) is 5.11. The molecule has 0 fully saturated rings. The van der Waals surface area contributed by atoms with Gasteiger partial charge in [0.2, 0.25) is 23.6 Å². The Hall–Kier alpha value is -2.45. The minimum atomic E-state index is -0.847. The second kappa shape index (κ2) is 26.4. The van der Waals surface area contributed by atoms with Crippen LogP contribution in [-0.4, -0.2) is 48.5 Å². The molecule has 0 aliphatic rings. The fourth-order valence-corrected chi connectivity index (χ4v) is 4.79. The summed E-state index contributed by atoms with van der Waals surface area (Å²) >= 11 is 0. The first-order valence-corrected chi connectivity index (χ1v) is 16.3. The van der Waals surface area contributed by atoms with Crippen molar-refractivity contribution in [3.05, 3.63) is 0 Å². The van der Waals surface area contributed by atoms with Crippen LogP contribution >= 0.6 is 0 Å². The van der Waals surface area contributed by atoms with Crippen molar-refractivity contribution in [2.45, 2.75) is 161 Å². The Labute approximate surface area is 249 Å². The maximum atomic E-state index is 12.7. The lowest BCUT2D eigenvalue weighted by atomic mass is 10.0. The van der Waals surface area contributed by atoms with Gasteiger partial charge in [-0.05, 0) is 25.2 Å². The molecule has 0 heterocycles. The van der Waals surface area contributed by atoms with Gasteiger partial charge in [-0.15, -0.1) is 0 Å². The first-order chi connectivity index (χ1) is 19.7. The highest BCUT2D eigenvalue weighted by Gasteiger charge is 2.24. The van der Waals surface area contributed by atoms with Gasteiger partial charge in [-0.3, -0.25) is 19.2 Å². The molecule has 0 aliphatic heterocycles. The van der Waals surface area contributed by atoms with Crippen molar-refractivity contribution in [1.82, 2.24) is 16.0 Å². The second-order valence-electron chi connectivity index (χ2n) is 11.8. The number of carbonyl (C=O) groups is 5. The number of nitrogens with one attached hydrogen (secondary N) is 3. The van der Waals surface area contributed by atoms with Crippen molar-refractivity contribution in [3.63, 3.8) is 0 Å². The number of nitrogens with two attached hydrogens (primary N) is 1. The molecule has 0 radical (unpaired) electrons. The Bertz CT molecular complexity index is 729. The molecule has 9 nitrogen and oxygen atoms in total. The predicted molar refractivity (Wildman–Crippen MR) is 165 cm³/mol. The molecule has 2 atom stereocenters. The molecular weight excluding hydrogens is 520 g/mol. The van der Waals surface area contributed by atoms with Crippen molar-refractivity contribution in [1.29, 1.82) is 0 Å². The highest BCUT2D eigenvalue weighted by molar-refractivity contribution is 5.89. The quantitative estimate of drug-likeness (QED) is 0.0738. The summed E-state index contributed by atoms with van der Waals surface area (Å²) in [6.07, 6.45) is 20.7. The molecule has 5 N–H and O–H groups in total. The van der Waals surface area contributed by atoms with Crippen LogP contribution in [0.1, 0.15) is 149 Å². The highest BCUT2D eigenvalue weighted by Crippen LogP contribution is 2.14. The maximum Gasteiger partial charge on any atom is 0.243 e. The zero-order valence-electron chi connectivity index (χ0n) is 26.3. The Morgan fingerprint density at radius 2 is 1.20 bits per heavy atom. The number of rotatable bonds is 28. The molecule has 0 aromatic heterocycles. The van der Waals surface area contributed by atoms with Crippen LogP contribution < -0.4 is 21.7 Å². The lowest BCUT2D eigenvalue weighted by Crippen LogP contribution is -2.51. The second-order valence-corrected chi connectivity index (χ2v) is 11.8. The number of amides is 4. The van der Waals surface area contributed by atoms with E-state index in [9.17, 15) is 24.0 Å². The number of hydrogen-bond acceptors (Lipinski definition) is 5. The number of unbranched alkanes of at least 4 members (excludes halogenated alkanes) is 14. The zero-order chi connectivity index (χ0) is 30.7. The minimum Gasteiger partial charge on any atom is -0.370 e. The SMILES string of the molecule is CCCCCCCCCCCCCCCCCC(=O)NCCC(=O)N[C@@H](CC(C)C)C(=O)N[C@H](C=O)CCC(N)=O. The summed E-state index contributed by atoms with van der Waals surface area (Å²) < 4.78 is 0. The third-order valence-electron chi connectivity index (χ3n) is 7.23. The Balaban J connectivity index is 3.96. The van der Waals surface area contributed by atoms with E-state index in [1.54, 1.807) is 0 Å². The summed E-state index contributed by atoms with van der Waals surface area (Å²) in [7, 11) is 0. The van der Waals surface area contributed by atoms with Gasteiger partial charge in [0.25, 0.3) is 0 Å². The van der Waals surface area contributed by atoms with Gasteiger partial charge in [-0.2, -0.15) is 0 Å². The standard InChI is InChI=1S/C32H60N4O5/c1-4-5-6-7-8-9-10-11-12-13-14-15-16-17-18-19-30(39)34-23-22-31(40)36-28(24-26(2)3)32(41)35-27(25-37)20-21-29(33)38/h25-28H,4-24H2,1-3H3,(H2,33,38)(H,34,39)(H,35,41)(H,36,40)/t27-,28-/m0/s1. The van der Waals surface area contributed by atoms with E-state index in [0.717, 1.165) is 19.3 Å². The molecule has 238 valence electrons. The molecule has 9 heteroatoms. The topological polar surface area (TPSA) is 147 Å². The normalized spacial score (nSPS) is 12.5.